The standard InChI is InChI=1S/C37H60O9/c1-10-13-31-24(7)29(39)19-32(45-31)25(8)35(43)26(9)36-28(38)15-12-14-20(3)16-22(5)33(41)27(11-2)34(42)23(6)17-21(4)18-30(40)37(44)46-36/h10,12-15,17-18,22-29,31-36,38-43H,11,16,19H2,1-9H3/b13-10+,15-12+,20-14+,21-17+,30-18-/t22-,23-,24+,25-,26+,27?,28+,29-,31-,32-,33+,34-,35+,36-/m1/s1. The molecule has 46 heavy (non-hydrogen) atoms. The second-order valence-corrected chi connectivity index (χ2v) is 13.8. The monoisotopic (exact) mass is 648 g/mol. The summed E-state index contributed by atoms with van der Waals surface area (Å²) in [5.74, 6) is -4.06. The quantitative estimate of drug-likeness (QED) is 0.174. The second kappa shape index (κ2) is 18.3. The summed E-state index contributed by atoms with van der Waals surface area (Å²) >= 11 is 0. The van der Waals surface area contributed by atoms with E-state index in [-0.39, 0.29) is 29.8 Å². The van der Waals surface area contributed by atoms with Gasteiger partial charge < -0.3 is 40.1 Å². The van der Waals surface area contributed by atoms with E-state index >= 15 is 0 Å². The average molecular weight is 649 g/mol. The van der Waals surface area contributed by atoms with Crippen LogP contribution in [0, 0.1) is 35.5 Å². The van der Waals surface area contributed by atoms with Crippen molar-refractivity contribution in [2.24, 2.45) is 35.5 Å². The molecular weight excluding hydrogens is 588 g/mol. The van der Waals surface area contributed by atoms with E-state index in [4.69, 9.17) is 9.47 Å². The molecule has 0 amide bonds. The first-order chi connectivity index (χ1) is 21.5. The number of esters is 1. The van der Waals surface area contributed by atoms with Gasteiger partial charge in [-0.05, 0) is 45.6 Å². The van der Waals surface area contributed by atoms with Gasteiger partial charge in [-0.25, -0.2) is 4.79 Å². The normalized spacial score (nSPS) is 42.2. The first-order valence-corrected chi connectivity index (χ1v) is 16.9. The number of hydrogen-bond donors (Lipinski definition) is 6. The van der Waals surface area contributed by atoms with Gasteiger partial charge >= 0.3 is 5.97 Å². The average Bonchev–Trinajstić information content (AvgIpc) is 3.00. The third-order valence-electron chi connectivity index (χ3n) is 9.98. The lowest BCUT2D eigenvalue weighted by atomic mass is 9.79. The largest absolute Gasteiger partial charge is 0.502 e. The topological polar surface area (TPSA) is 157 Å². The number of ether oxygens (including phenoxy) is 2. The Hall–Kier alpha value is -2.27. The maximum Gasteiger partial charge on any atom is 0.373 e. The van der Waals surface area contributed by atoms with Crippen LogP contribution in [0.2, 0.25) is 0 Å². The molecule has 0 spiro atoms. The minimum absolute atomic E-state index is 0.113. The summed E-state index contributed by atoms with van der Waals surface area (Å²) in [6.45, 7) is 16.5. The van der Waals surface area contributed by atoms with Crippen LogP contribution in [-0.2, 0) is 14.3 Å². The molecule has 0 aliphatic carbocycles. The van der Waals surface area contributed by atoms with Crippen LogP contribution < -0.4 is 0 Å². The predicted octanol–water partition coefficient (Wildman–Crippen LogP) is 4.94. The van der Waals surface area contributed by atoms with E-state index < -0.39 is 66.3 Å². The summed E-state index contributed by atoms with van der Waals surface area (Å²) in [6.07, 6.45) is 6.40. The molecule has 0 aromatic heterocycles. The first-order valence-electron chi connectivity index (χ1n) is 16.9. The number of aliphatic hydroxyl groups is 6. The molecule has 2 rings (SSSR count). The fraction of sp³-hybridized carbons (Fsp3) is 0.703. The van der Waals surface area contributed by atoms with Crippen molar-refractivity contribution in [1.82, 2.24) is 0 Å². The third-order valence-corrected chi connectivity index (χ3v) is 9.98. The molecule has 9 nitrogen and oxygen atoms in total. The van der Waals surface area contributed by atoms with E-state index in [2.05, 4.69) is 0 Å². The Bertz CT molecular complexity index is 1120. The molecule has 14 atom stereocenters. The lowest BCUT2D eigenvalue weighted by molar-refractivity contribution is -0.169. The maximum atomic E-state index is 13.1. The Morgan fingerprint density at radius 3 is 2.30 bits per heavy atom. The Kier molecular flexibility index (Phi) is 15.9. The van der Waals surface area contributed by atoms with Gasteiger partial charge in [0, 0.05) is 36.0 Å². The molecule has 2 aliphatic rings. The fourth-order valence-corrected chi connectivity index (χ4v) is 6.84. The van der Waals surface area contributed by atoms with Gasteiger partial charge in [0.05, 0.1) is 36.6 Å². The van der Waals surface area contributed by atoms with Gasteiger partial charge in [-0.3, -0.25) is 0 Å². The van der Waals surface area contributed by atoms with Crippen LogP contribution in [0.4, 0.5) is 0 Å². The molecular formula is C37H60O9. The summed E-state index contributed by atoms with van der Waals surface area (Å²) in [5.41, 5.74) is 1.45. The summed E-state index contributed by atoms with van der Waals surface area (Å²) < 4.78 is 11.9. The van der Waals surface area contributed by atoms with Crippen molar-refractivity contribution in [1.29, 1.82) is 0 Å². The zero-order valence-corrected chi connectivity index (χ0v) is 29.2. The van der Waals surface area contributed by atoms with Crippen LogP contribution >= 0.6 is 0 Å². The van der Waals surface area contributed by atoms with Gasteiger partial charge in [-0.2, -0.15) is 0 Å². The van der Waals surface area contributed by atoms with E-state index in [9.17, 15) is 35.4 Å². The summed E-state index contributed by atoms with van der Waals surface area (Å²) in [7, 11) is 0. The zero-order valence-electron chi connectivity index (χ0n) is 29.2. The molecule has 0 saturated carbocycles. The third kappa shape index (κ3) is 10.6. The lowest BCUT2D eigenvalue weighted by Gasteiger charge is -2.42. The molecule has 0 radical (unpaired) electrons. The molecule has 9 heteroatoms. The van der Waals surface area contributed by atoms with E-state index in [0.29, 0.717) is 24.8 Å². The number of rotatable bonds is 6. The fourth-order valence-electron chi connectivity index (χ4n) is 6.84. The van der Waals surface area contributed by atoms with Crippen LogP contribution in [0.3, 0.4) is 0 Å². The molecule has 6 N–H and O–H groups in total. The summed E-state index contributed by atoms with van der Waals surface area (Å²) in [6, 6.07) is 0. The zero-order chi connectivity index (χ0) is 34.9. The molecule has 0 aromatic carbocycles. The molecule has 2 aliphatic heterocycles. The van der Waals surface area contributed by atoms with Crippen molar-refractivity contribution in [2.45, 2.75) is 130 Å². The Morgan fingerprint density at radius 2 is 1.70 bits per heavy atom. The molecule has 0 aromatic rings. The van der Waals surface area contributed by atoms with Gasteiger partial charge in [-0.15, -0.1) is 0 Å². The van der Waals surface area contributed by atoms with Crippen LogP contribution in [0.15, 0.2) is 59.4 Å². The number of carbonyl (C=O) groups excluding carboxylic acids is 1. The van der Waals surface area contributed by atoms with E-state index in [1.54, 1.807) is 32.9 Å². The maximum absolute atomic E-state index is 13.1. The molecule has 262 valence electrons. The molecule has 1 saturated heterocycles. The number of hydrogen-bond acceptors (Lipinski definition) is 9. The molecule has 1 fully saturated rings. The smallest absolute Gasteiger partial charge is 0.373 e. The number of allylic oxidation sites excluding steroid dienone is 6. The minimum atomic E-state index is -1.33. The Balaban J connectivity index is 2.45. The predicted molar refractivity (Wildman–Crippen MR) is 180 cm³/mol. The van der Waals surface area contributed by atoms with E-state index in [1.807, 2.05) is 59.8 Å². The van der Waals surface area contributed by atoms with Gasteiger partial charge in [0.1, 0.15) is 12.2 Å². The highest BCUT2D eigenvalue weighted by Crippen LogP contribution is 2.34. The van der Waals surface area contributed by atoms with Crippen molar-refractivity contribution in [3.05, 3.63) is 59.4 Å². The Labute approximate surface area is 276 Å². The van der Waals surface area contributed by atoms with Crippen molar-refractivity contribution in [3.63, 3.8) is 0 Å². The minimum Gasteiger partial charge on any atom is -0.502 e. The first kappa shape index (κ1) is 39.9. The van der Waals surface area contributed by atoms with Crippen molar-refractivity contribution in [2.75, 3.05) is 0 Å². The summed E-state index contributed by atoms with van der Waals surface area (Å²) in [5, 5.41) is 66.4. The molecule has 1 unspecified atom stereocenters. The van der Waals surface area contributed by atoms with Gasteiger partial charge in [0.2, 0.25) is 5.76 Å². The lowest BCUT2D eigenvalue weighted by Crippen LogP contribution is -2.50. The van der Waals surface area contributed by atoms with Crippen LogP contribution in [0.1, 0.15) is 81.6 Å². The highest BCUT2D eigenvalue weighted by Gasteiger charge is 2.42. The van der Waals surface area contributed by atoms with E-state index in [0.717, 1.165) is 5.57 Å². The van der Waals surface area contributed by atoms with Crippen molar-refractivity contribution in [3.8, 4) is 0 Å². The highest BCUT2D eigenvalue weighted by atomic mass is 16.6. The van der Waals surface area contributed by atoms with Crippen LogP contribution in [-0.4, -0.2) is 85.4 Å². The highest BCUT2D eigenvalue weighted by molar-refractivity contribution is 5.86. The SMILES string of the molecule is C/C=C/[C@H]1O[C@@H]([C@@H](C)[C@H](O)[C@H](C)[C@H]2OC(=O)/C(O)=C/C(C)=C/[C@@H](C)[C@@H](O)C(CC)[C@@H](O)[C@H](C)C/C(C)=C/C=C/[C@@H]2O)C[C@@H](O)[C@@H]1C. The van der Waals surface area contributed by atoms with E-state index in [1.165, 1.54) is 12.2 Å². The van der Waals surface area contributed by atoms with Crippen molar-refractivity contribution >= 4 is 5.97 Å². The number of aliphatic hydroxyl groups excluding tert-OH is 6. The Morgan fingerprint density at radius 1 is 1.04 bits per heavy atom. The molecule has 2 heterocycles. The van der Waals surface area contributed by atoms with Gasteiger partial charge in [0.15, 0.2) is 0 Å². The molecule has 0 bridgehead atoms. The van der Waals surface area contributed by atoms with Gasteiger partial charge in [-0.1, -0.05) is 89.1 Å². The van der Waals surface area contributed by atoms with Crippen molar-refractivity contribution < 1.29 is 44.9 Å². The number of cyclic esters (lactones) is 1. The number of carbonyl (C=O) groups is 1. The van der Waals surface area contributed by atoms with Crippen LogP contribution in [0.5, 0.6) is 0 Å². The van der Waals surface area contributed by atoms with Gasteiger partial charge in [0.25, 0.3) is 0 Å². The van der Waals surface area contributed by atoms with Crippen LogP contribution in [0.25, 0.3) is 0 Å². The summed E-state index contributed by atoms with van der Waals surface area (Å²) in [4.78, 5) is 13.1. The second-order valence-electron chi connectivity index (χ2n) is 13.8.